The van der Waals surface area contributed by atoms with Crippen molar-refractivity contribution in [2.75, 3.05) is 18.0 Å². The molecule has 1 fully saturated rings. The van der Waals surface area contributed by atoms with Gasteiger partial charge in [0.15, 0.2) is 0 Å². The van der Waals surface area contributed by atoms with Gasteiger partial charge < -0.3 is 14.9 Å². The highest BCUT2D eigenvalue weighted by molar-refractivity contribution is 6.33. The average Bonchev–Trinajstić information content (AvgIpc) is 3.17. The summed E-state index contributed by atoms with van der Waals surface area (Å²) in [7, 11) is 0. The summed E-state index contributed by atoms with van der Waals surface area (Å²) in [4.78, 5) is 16.0. The van der Waals surface area contributed by atoms with Gasteiger partial charge in [-0.2, -0.15) is 5.26 Å². The lowest BCUT2D eigenvalue weighted by molar-refractivity contribution is -0.138. The quantitative estimate of drug-likeness (QED) is 0.725. The number of rotatable bonds is 5. The van der Waals surface area contributed by atoms with Crippen molar-refractivity contribution < 1.29 is 9.90 Å². The van der Waals surface area contributed by atoms with E-state index in [-0.39, 0.29) is 11.9 Å². The number of carbonyl (C=O) groups is 1. The molecule has 2 atom stereocenters. The molecule has 8 heteroatoms. The van der Waals surface area contributed by atoms with Crippen LogP contribution in [0, 0.1) is 11.3 Å². The molecule has 1 heterocycles. The van der Waals surface area contributed by atoms with Gasteiger partial charge in [-0.15, -0.1) is 0 Å². The zero-order valence-electron chi connectivity index (χ0n) is 15.8. The molecule has 1 amide bonds. The topological polar surface area (TPSA) is 67.6 Å². The van der Waals surface area contributed by atoms with E-state index in [9.17, 15) is 9.90 Å². The molecule has 0 saturated carbocycles. The average molecular weight is 453 g/mol. The Balaban J connectivity index is 1.94. The number of anilines is 1. The third-order valence-electron chi connectivity index (χ3n) is 5.03. The molecule has 1 aliphatic heterocycles. The number of aliphatic hydroxyl groups excluding tert-OH is 1. The van der Waals surface area contributed by atoms with Crippen molar-refractivity contribution in [2.24, 2.45) is 0 Å². The first-order valence-electron chi connectivity index (χ1n) is 9.17. The molecule has 2 aromatic carbocycles. The van der Waals surface area contributed by atoms with Crippen LogP contribution in [0.4, 0.5) is 5.69 Å². The van der Waals surface area contributed by atoms with E-state index < -0.39 is 6.10 Å². The Morgan fingerprint density at radius 2 is 2.03 bits per heavy atom. The number of nitriles is 1. The molecule has 3 rings (SSSR count). The van der Waals surface area contributed by atoms with Crippen LogP contribution >= 0.6 is 34.8 Å². The minimum absolute atomic E-state index is 0.00301. The Labute approximate surface area is 185 Å². The highest BCUT2D eigenvalue weighted by Crippen LogP contribution is 2.31. The van der Waals surface area contributed by atoms with Gasteiger partial charge in [-0.05, 0) is 55.3 Å². The van der Waals surface area contributed by atoms with Crippen LogP contribution in [-0.2, 0) is 11.3 Å². The standard InChI is InChI=1S/C21H20Cl3N3O2/c1-13(28)21(29)26-7-6-18(12-26)27(11-15-8-16(22)3-5-19(15)23)17-4-2-14(10-25)20(24)9-17/h2-5,8-9,13,18,28H,6-7,11-12H2,1H3/t13-,18?/m0/s1. The number of carbonyl (C=O) groups excluding carboxylic acids is 1. The molecule has 1 saturated heterocycles. The van der Waals surface area contributed by atoms with Crippen molar-refractivity contribution in [3.63, 3.8) is 0 Å². The largest absolute Gasteiger partial charge is 0.384 e. The molecule has 0 bridgehead atoms. The molecule has 0 radical (unpaired) electrons. The van der Waals surface area contributed by atoms with Crippen LogP contribution in [0.25, 0.3) is 0 Å². The lowest BCUT2D eigenvalue weighted by atomic mass is 10.1. The molecule has 1 unspecified atom stereocenters. The maximum absolute atomic E-state index is 12.2. The Bertz CT molecular complexity index is 959. The lowest BCUT2D eigenvalue weighted by Crippen LogP contribution is -2.41. The predicted octanol–water partition coefficient (Wildman–Crippen LogP) is 4.51. The summed E-state index contributed by atoms with van der Waals surface area (Å²) in [5.41, 5.74) is 2.06. The van der Waals surface area contributed by atoms with Crippen molar-refractivity contribution in [3.8, 4) is 6.07 Å². The predicted molar refractivity (Wildman–Crippen MR) is 115 cm³/mol. The van der Waals surface area contributed by atoms with Gasteiger partial charge in [-0.1, -0.05) is 34.8 Å². The number of nitrogens with zero attached hydrogens (tertiary/aromatic N) is 3. The van der Waals surface area contributed by atoms with E-state index in [0.717, 1.165) is 17.7 Å². The van der Waals surface area contributed by atoms with E-state index >= 15 is 0 Å². The minimum Gasteiger partial charge on any atom is -0.384 e. The van der Waals surface area contributed by atoms with Crippen molar-refractivity contribution in [2.45, 2.75) is 32.0 Å². The van der Waals surface area contributed by atoms with E-state index in [1.54, 1.807) is 29.2 Å². The second kappa shape index (κ2) is 9.23. The molecule has 5 nitrogen and oxygen atoms in total. The SMILES string of the molecule is C[C@H](O)C(=O)N1CCC(N(Cc2cc(Cl)ccc2Cl)c2ccc(C#N)c(Cl)c2)C1. The normalized spacial score (nSPS) is 17.1. The van der Waals surface area contributed by atoms with E-state index in [4.69, 9.17) is 40.1 Å². The molecule has 152 valence electrons. The molecule has 1 N–H and O–H groups in total. The number of amides is 1. The molecule has 0 aromatic heterocycles. The Kier molecular flexibility index (Phi) is 6.92. The number of hydrogen-bond donors (Lipinski definition) is 1. The molecular formula is C21H20Cl3N3O2. The van der Waals surface area contributed by atoms with Crippen LogP contribution in [0.15, 0.2) is 36.4 Å². The van der Waals surface area contributed by atoms with Crippen LogP contribution in [0.2, 0.25) is 15.1 Å². The van der Waals surface area contributed by atoms with E-state index in [1.807, 2.05) is 12.1 Å². The van der Waals surface area contributed by atoms with Gasteiger partial charge in [0, 0.05) is 41.4 Å². The zero-order chi connectivity index (χ0) is 21.1. The molecule has 0 aliphatic carbocycles. The van der Waals surface area contributed by atoms with Crippen LogP contribution in [0.1, 0.15) is 24.5 Å². The zero-order valence-corrected chi connectivity index (χ0v) is 18.0. The summed E-state index contributed by atoms with van der Waals surface area (Å²) in [5, 5.41) is 20.3. The van der Waals surface area contributed by atoms with Crippen molar-refractivity contribution in [1.82, 2.24) is 4.90 Å². The van der Waals surface area contributed by atoms with Crippen molar-refractivity contribution in [1.29, 1.82) is 5.26 Å². The summed E-state index contributed by atoms with van der Waals surface area (Å²) in [6.07, 6.45) is -0.303. The fourth-order valence-electron chi connectivity index (χ4n) is 3.51. The second-order valence-corrected chi connectivity index (χ2v) is 8.29. The van der Waals surface area contributed by atoms with E-state index in [2.05, 4.69) is 11.0 Å². The molecular weight excluding hydrogens is 433 g/mol. The van der Waals surface area contributed by atoms with Gasteiger partial charge in [0.25, 0.3) is 5.91 Å². The van der Waals surface area contributed by atoms with Gasteiger partial charge >= 0.3 is 0 Å². The number of hydrogen-bond acceptors (Lipinski definition) is 4. The third kappa shape index (κ3) is 4.96. The van der Waals surface area contributed by atoms with Crippen LogP contribution in [0.5, 0.6) is 0 Å². The summed E-state index contributed by atoms with van der Waals surface area (Å²) < 4.78 is 0. The third-order valence-corrected chi connectivity index (χ3v) is 5.94. The van der Waals surface area contributed by atoms with Gasteiger partial charge in [-0.25, -0.2) is 0 Å². The summed E-state index contributed by atoms with van der Waals surface area (Å²) in [5.74, 6) is -0.286. The van der Waals surface area contributed by atoms with Gasteiger partial charge in [0.05, 0.1) is 10.6 Å². The summed E-state index contributed by atoms with van der Waals surface area (Å²) in [6.45, 7) is 2.96. The van der Waals surface area contributed by atoms with Crippen LogP contribution in [-0.4, -0.2) is 41.1 Å². The van der Waals surface area contributed by atoms with Crippen LogP contribution in [0.3, 0.4) is 0 Å². The number of halogens is 3. The minimum atomic E-state index is -1.03. The monoisotopic (exact) mass is 451 g/mol. The Morgan fingerprint density at radius 3 is 2.69 bits per heavy atom. The fraction of sp³-hybridized carbons (Fsp3) is 0.333. The first kappa shape index (κ1) is 21.7. The maximum Gasteiger partial charge on any atom is 0.251 e. The highest BCUT2D eigenvalue weighted by Gasteiger charge is 2.32. The van der Waals surface area contributed by atoms with E-state index in [1.165, 1.54) is 6.92 Å². The first-order chi connectivity index (χ1) is 13.8. The second-order valence-electron chi connectivity index (χ2n) is 7.04. The molecule has 0 spiro atoms. The first-order valence-corrected chi connectivity index (χ1v) is 10.3. The smallest absolute Gasteiger partial charge is 0.251 e. The van der Waals surface area contributed by atoms with Gasteiger partial charge in [-0.3, -0.25) is 4.79 Å². The molecule has 1 aliphatic rings. The summed E-state index contributed by atoms with van der Waals surface area (Å²) in [6, 6.07) is 12.6. The Morgan fingerprint density at radius 1 is 1.28 bits per heavy atom. The number of likely N-dealkylation sites (tertiary alicyclic amines) is 1. The fourth-order valence-corrected chi connectivity index (χ4v) is 4.10. The van der Waals surface area contributed by atoms with E-state index in [0.29, 0.717) is 40.3 Å². The highest BCUT2D eigenvalue weighted by atomic mass is 35.5. The van der Waals surface area contributed by atoms with Crippen molar-refractivity contribution >= 4 is 46.4 Å². The summed E-state index contributed by atoms with van der Waals surface area (Å²) >= 11 is 18.8. The van der Waals surface area contributed by atoms with Crippen molar-refractivity contribution in [3.05, 3.63) is 62.6 Å². The number of benzene rings is 2. The van der Waals surface area contributed by atoms with Gasteiger partial charge in [0.2, 0.25) is 0 Å². The Hall–Kier alpha value is -1.97. The van der Waals surface area contributed by atoms with Gasteiger partial charge in [0.1, 0.15) is 12.2 Å². The maximum atomic E-state index is 12.2. The van der Waals surface area contributed by atoms with Crippen LogP contribution < -0.4 is 4.90 Å². The number of aliphatic hydroxyl groups is 1. The lowest BCUT2D eigenvalue weighted by Gasteiger charge is -2.32. The molecule has 29 heavy (non-hydrogen) atoms. The molecule has 2 aromatic rings.